The summed E-state index contributed by atoms with van der Waals surface area (Å²) in [6.07, 6.45) is 0. The highest BCUT2D eigenvalue weighted by atomic mass is 19.1. The van der Waals surface area contributed by atoms with Gasteiger partial charge in [-0.25, -0.2) is 13.8 Å². The number of fused-ring (bicyclic) bond motifs is 2. The number of nitrogens with one attached hydrogen (secondary N) is 1. The van der Waals surface area contributed by atoms with Crippen molar-refractivity contribution in [3.63, 3.8) is 0 Å². The smallest absolute Gasteiger partial charge is 0.153 e. The number of hydrogen-bond donors (Lipinski definition) is 1. The molecule has 0 aliphatic rings. The van der Waals surface area contributed by atoms with Crippen molar-refractivity contribution in [3.05, 3.63) is 66.2 Å². The maximum Gasteiger partial charge on any atom is 0.153 e. The molecule has 4 aromatic rings. The molecular weight excluding hydrogens is 270 g/mol. The predicted octanol–water partition coefficient (Wildman–Crippen LogP) is 4.66. The predicted molar refractivity (Wildman–Crippen MR) is 79.0 cm³/mol. The van der Waals surface area contributed by atoms with Crippen LogP contribution in [0.15, 0.2) is 54.6 Å². The fourth-order valence-electron chi connectivity index (χ4n) is 2.52. The Balaban J connectivity index is 1.93. The van der Waals surface area contributed by atoms with Gasteiger partial charge in [0.25, 0.3) is 0 Å². The number of nitrogens with zero attached hydrogens (tertiary/aromatic N) is 1. The summed E-state index contributed by atoms with van der Waals surface area (Å²) in [6.45, 7) is 0. The Morgan fingerprint density at radius 2 is 1.67 bits per heavy atom. The normalized spacial score (nSPS) is 11.3. The third-order valence-corrected chi connectivity index (χ3v) is 3.53. The van der Waals surface area contributed by atoms with E-state index >= 15 is 0 Å². The number of aromatic nitrogens is 2. The molecule has 0 fully saturated rings. The summed E-state index contributed by atoms with van der Waals surface area (Å²) in [4.78, 5) is 7.20. The van der Waals surface area contributed by atoms with E-state index in [1.807, 2.05) is 42.5 Å². The Hall–Kier alpha value is -2.75. The van der Waals surface area contributed by atoms with Crippen molar-refractivity contribution in [2.75, 3.05) is 0 Å². The number of halogens is 2. The number of H-pyrrole nitrogens is 1. The molecule has 21 heavy (non-hydrogen) atoms. The summed E-state index contributed by atoms with van der Waals surface area (Å²) in [5, 5.41) is 2.19. The molecule has 2 nitrogen and oxygen atoms in total. The largest absolute Gasteiger partial charge is 0.338 e. The molecule has 0 bridgehead atoms. The number of rotatable bonds is 1. The van der Waals surface area contributed by atoms with E-state index in [-0.39, 0.29) is 5.52 Å². The first-order valence-corrected chi connectivity index (χ1v) is 6.55. The minimum Gasteiger partial charge on any atom is -0.338 e. The highest BCUT2D eigenvalue weighted by Crippen LogP contribution is 2.26. The molecule has 1 N–H and O–H groups in total. The first-order chi connectivity index (χ1) is 10.2. The van der Waals surface area contributed by atoms with E-state index in [4.69, 9.17) is 0 Å². The molecule has 0 saturated heterocycles. The lowest BCUT2D eigenvalue weighted by Crippen LogP contribution is -1.81. The highest BCUT2D eigenvalue weighted by Gasteiger charge is 2.11. The standard InChI is InChI=1S/C17H10F2N2/c18-13-8-14(19)16-15(9-13)20-17(21-16)12-6-5-10-3-1-2-4-11(10)7-12/h1-9H,(H,20,21). The number of benzene rings is 3. The van der Waals surface area contributed by atoms with E-state index in [0.29, 0.717) is 11.3 Å². The Kier molecular flexibility index (Phi) is 2.51. The zero-order valence-electron chi connectivity index (χ0n) is 10.9. The van der Waals surface area contributed by atoms with E-state index in [2.05, 4.69) is 9.97 Å². The van der Waals surface area contributed by atoms with Crippen molar-refractivity contribution >= 4 is 21.8 Å². The van der Waals surface area contributed by atoms with Gasteiger partial charge in [-0.05, 0) is 22.9 Å². The summed E-state index contributed by atoms with van der Waals surface area (Å²) in [6, 6.07) is 15.9. The van der Waals surface area contributed by atoms with Crippen LogP contribution in [0, 0.1) is 11.6 Å². The molecule has 4 heteroatoms. The second-order valence-corrected chi connectivity index (χ2v) is 4.93. The zero-order chi connectivity index (χ0) is 14.4. The van der Waals surface area contributed by atoms with Crippen molar-refractivity contribution in [3.8, 4) is 11.4 Å². The molecule has 0 unspecified atom stereocenters. The molecule has 4 rings (SSSR count). The van der Waals surface area contributed by atoms with Crippen LogP contribution in [-0.2, 0) is 0 Å². The van der Waals surface area contributed by atoms with E-state index in [0.717, 1.165) is 22.4 Å². The van der Waals surface area contributed by atoms with Crippen LogP contribution in [0.2, 0.25) is 0 Å². The molecule has 0 spiro atoms. The Bertz CT molecular complexity index is 973. The fraction of sp³-hybridized carbons (Fsp3) is 0. The minimum atomic E-state index is -0.659. The summed E-state index contributed by atoms with van der Waals surface area (Å²) < 4.78 is 26.9. The molecule has 102 valence electrons. The molecule has 0 radical (unpaired) electrons. The van der Waals surface area contributed by atoms with Gasteiger partial charge in [-0.1, -0.05) is 36.4 Å². The number of aromatic amines is 1. The van der Waals surface area contributed by atoms with Crippen LogP contribution in [-0.4, -0.2) is 9.97 Å². The highest BCUT2D eigenvalue weighted by molar-refractivity contribution is 5.88. The average molecular weight is 280 g/mol. The van der Waals surface area contributed by atoms with Crippen molar-refractivity contribution in [1.82, 2.24) is 9.97 Å². The molecule has 1 heterocycles. The summed E-state index contributed by atoms with van der Waals surface area (Å²) >= 11 is 0. The van der Waals surface area contributed by atoms with Gasteiger partial charge in [-0.2, -0.15) is 0 Å². The molecule has 0 aliphatic carbocycles. The lowest BCUT2D eigenvalue weighted by atomic mass is 10.1. The number of hydrogen-bond acceptors (Lipinski definition) is 1. The molecule has 0 amide bonds. The van der Waals surface area contributed by atoms with Crippen molar-refractivity contribution in [1.29, 1.82) is 0 Å². The molecule has 1 aromatic heterocycles. The van der Waals surface area contributed by atoms with Gasteiger partial charge < -0.3 is 4.98 Å². The molecular formula is C17H10F2N2. The van der Waals surface area contributed by atoms with Gasteiger partial charge in [-0.3, -0.25) is 0 Å². The van der Waals surface area contributed by atoms with Crippen LogP contribution in [0.5, 0.6) is 0 Å². The van der Waals surface area contributed by atoms with Crippen LogP contribution in [0.25, 0.3) is 33.2 Å². The van der Waals surface area contributed by atoms with Crippen LogP contribution in [0.1, 0.15) is 0 Å². The molecule has 3 aromatic carbocycles. The first-order valence-electron chi connectivity index (χ1n) is 6.55. The summed E-state index contributed by atoms with van der Waals surface area (Å²) in [7, 11) is 0. The van der Waals surface area contributed by atoms with Gasteiger partial charge in [-0.15, -0.1) is 0 Å². The summed E-state index contributed by atoms with van der Waals surface area (Å²) in [5.41, 5.74) is 1.35. The van der Waals surface area contributed by atoms with Gasteiger partial charge in [0, 0.05) is 11.6 Å². The minimum absolute atomic E-state index is 0.152. The van der Waals surface area contributed by atoms with Gasteiger partial charge in [0.1, 0.15) is 17.2 Å². The maximum atomic E-state index is 13.7. The van der Waals surface area contributed by atoms with E-state index in [9.17, 15) is 8.78 Å². The zero-order valence-corrected chi connectivity index (χ0v) is 10.9. The van der Waals surface area contributed by atoms with Crippen LogP contribution in [0.3, 0.4) is 0 Å². The van der Waals surface area contributed by atoms with E-state index in [1.165, 1.54) is 6.07 Å². The third kappa shape index (κ3) is 1.96. The van der Waals surface area contributed by atoms with E-state index < -0.39 is 11.6 Å². The van der Waals surface area contributed by atoms with Gasteiger partial charge in [0.05, 0.1) is 5.52 Å². The number of imidazole rings is 1. The van der Waals surface area contributed by atoms with Crippen LogP contribution < -0.4 is 0 Å². The summed E-state index contributed by atoms with van der Waals surface area (Å²) in [5.74, 6) is -0.748. The quantitative estimate of drug-likeness (QED) is 0.539. The Labute approximate surface area is 119 Å². The second kappa shape index (κ2) is 4.38. The van der Waals surface area contributed by atoms with Crippen LogP contribution >= 0.6 is 0 Å². The van der Waals surface area contributed by atoms with Gasteiger partial charge in [0.15, 0.2) is 5.82 Å². The average Bonchev–Trinajstić information content (AvgIpc) is 2.91. The topological polar surface area (TPSA) is 28.7 Å². The molecule has 0 atom stereocenters. The Morgan fingerprint density at radius 1 is 0.857 bits per heavy atom. The first kappa shape index (κ1) is 12.0. The lowest BCUT2D eigenvalue weighted by Gasteiger charge is -2.00. The van der Waals surface area contributed by atoms with E-state index in [1.54, 1.807) is 0 Å². The molecule has 0 saturated carbocycles. The monoisotopic (exact) mass is 280 g/mol. The maximum absolute atomic E-state index is 13.7. The van der Waals surface area contributed by atoms with Crippen molar-refractivity contribution in [2.24, 2.45) is 0 Å². The van der Waals surface area contributed by atoms with Crippen molar-refractivity contribution < 1.29 is 8.78 Å². The Morgan fingerprint density at radius 3 is 2.52 bits per heavy atom. The van der Waals surface area contributed by atoms with Gasteiger partial charge in [0.2, 0.25) is 0 Å². The second-order valence-electron chi connectivity index (χ2n) is 4.93. The van der Waals surface area contributed by atoms with Crippen molar-refractivity contribution in [2.45, 2.75) is 0 Å². The van der Waals surface area contributed by atoms with Crippen LogP contribution in [0.4, 0.5) is 8.78 Å². The van der Waals surface area contributed by atoms with Gasteiger partial charge >= 0.3 is 0 Å². The third-order valence-electron chi connectivity index (χ3n) is 3.53. The molecule has 0 aliphatic heterocycles. The fourth-order valence-corrected chi connectivity index (χ4v) is 2.52. The SMILES string of the molecule is Fc1cc(F)c2nc(-c3ccc4ccccc4c3)[nH]c2c1. The lowest BCUT2D eigenvalue weighted by molar-refractivity contribution is 0.591.